The van der Waals surface area contributed by atoms with E-state index in [9.17, 15) is 19.2 Å². The molecule has 0 aromatic heterocycles. The van der Waals surface area contributed by atoms with E-state index < -0.39 is 23.6 Å². The van der Waals surface area contributed by atoms with Crippen molar-refractivity contribution in [2.45, 2.75) is 0 Å². The van der Waals surface area contributed by atoms with Gasteiger partial charge in [0, 0.05) is 24.3 Å². The summed E-state index contributed by atoms with van der Waals surface area (Å²) in [4.78, 5) is 46.4. The Morgan fingerprint density at radius 2 is 1.25 bits per heavy atom. The highest BCUT2D eigenvalue weighted by Gasteiger charge is 2.28. The minimum absolute atomic E-state index is 0.0934. The number of carbonyl (C=O) groups is 4. The van der Waals surface area contributed by atoms with Crippen molar-refractivity contribution in [2.24, 2.45) is 0 Å². The van der Waals surface area contributed by atoms with Gasteiger partial charge in [-0.25, -0.2) is 0 Å². The van der Waals surface area contributed by atoms with E-state index in [-0.39, 0.29) is 6.54 Å². The minimum Gasteiger partial charge on any atom is -0.273 e. The van der Waals surface area contributed by atoms with Gasteiger partial charge in [-0.3, -0.25) is 29.0 Å². The number of imide groups is 2. The predicted molar refractivity (Wildman–Crippen MR) is 51.2 cm³/mol. The first-order chi connectivity index (χ1) is 7.59. The van der Waals surface area contributed by atoms with Crippen LogP contribution in [0.25, 0.3) is 0 Å². The molecule has 0 aromatic carbocycles. The molecule has 0 saturated heterocycles. The van der Waals surface area contributed by atoms with Gasteiger partial charge < -0.3 is 0 Å². The summed E-state index contributed by atoms with van der Waals surface area (Å²) in [5.41, 5.74) is 0. The van der Waals surface area contributed by atoms with E-state index in [1.54, 1.807) is 0 Å². The number of rotatable bonds is 3. The Morgan fingerprint density at radius 3 is 1.75 bits per heavy atom. The van der Waals surface area contributed by atoms with E-state index >= 15 is 0 Å². The summed E-state index contributed by atoms with van der Waals surface area (Å²) in [6, 6.07) is 0. The van der Waals surface area contributed by atoms with Crippen LogP contribution in [-0.2, 0) is 19.2 Å². The van der Waals surface area contributed by atoms with Crippen molar-refractivity contribution < 1.29 is 19.2 Å². The van der Waals surface area contributed by atoms with Gasteiger partial charge in [0.25, 0.3) is 23.6 Å². The number of nitrogens with zero attached hydrogens (tertiary/aromatic N) is 2. The molecule has 2 aliphatic heterocycles. The van der Waals surface area contributed by atoms with Crippen molar-refractivity contribution in [3.63, 3.8) is 0 Å². The van der Waals surface area contributed by atoms with Gasteiger partial charge in [0.15, 0.2) is 0 Å². The van der Waals surface area contributed by atoms with Gasteiger partial charge in [0.2, 0.25) is 0 Å². The van der Waals surface area contributed by atoms with Gasteiger partial charge in [-0.05, 0) is 0 Å². The second kappa shape index (κ2) is 3.73. The third kappa shape index (κ3) is 1.65. The van der Waals surface area contributed by atoms with E-state index in [1.165, 1.54) is 6.54 Å². The highest BCUT2D eigenvalue weighted by atomic mass is 16.2. The van der Waals surface area contributed by atoms with Gasteiger partial charge in [-0.2, -0.15) is 0 Å². The van der Waals surface area contributed by atoms with Crippen LogP contribution in [0.3, 0.4) is 0 Å². The van der Waals surface area contributed by atoms with Crippen LogP contribution in [0.15, 0.2) is 24.3 Å². The van der Waals surface area contributed by atoms with Crippen molar-refractivity contribution >= 4 is 23.6 Å². The average molecular weight is 219 g/mol. The monoisotopic (exact) mass is 219 g/mol. The molecule has 1 radical (unpaired) electrons. The Kier molecular flexibility index (Phi) is 2.40. The van der Waals surface area contributed by atoms with Gasteiger partial charge >= 0.3 is 0 Å². The standard InChI is InChI=1S/C10H7N2O4/c13-7-1-2-8(14)11(7)5-6-12-9(15)3-4-10(12)16/h1-5H,6H2. The topological polar surface area (TPSA) is 74.8 Å². The highest BCUT2D eigenvalue weighted by molar-refractivity contribution is 6.14. The normalized spacial score (nSPS) is 19.5. The number of amides is 4. The maximum absolute atomic E-state index is 11.1. The predicted octanol–water partition coefficient (Wildman–Crippen LogP) is -1.00. The van der Waals surface area contributed by atoms with Crippen LogP contribution in [0.1, 0.15) is 0 Å². The maximum Gasteiger partial charge on any atom is 0.254 e. The van der Waals surface area contributed by atoms with Crippen LogP contribution >= 0.6 is 0 Å². The maximum atomic E-state index is 11.1. The molecule has 0 N–H and O–H groups in total. The van der Waals surface area contributed by atoms with E-state index in [2.05, 4.69) is 0 Å². The summed E-state index contributed by atoms with van der Waals surface area (Å²) in [5, 5.41) is 0. The Labute approximate surface area is 90.8 Å². The second-order valence-electron chi connectivity index (χ2n) is 3.18. The quantitative estimate of drug-likeness (QED) is 0.570. The molecule has 0 atom stereocenters. The lowest BCUT2D eigenvalue weighted by molar-refractivity contribution is -0.140. The van der Waals surface area contributed by atoms with Crippen molar-refractivity contribution in [2.75, 3.05) is 6.54 Å². The third-order valence-corrected chi connectivity index (χ3v) is 2.19. The second-order valence-corrected chi connectivity index (χ2v) is 3.18. The molecule has 2 aliphatic rings. The molecule has 2 heterocycles. The summed E-state index contributed by atoms with van der Waals surface area (Å²) < 4.78 is 0. The molecule has 2 rings (SSSR count). The first-order valence-electron chi connectivity index (χ1n) is 4.51. The number of hydrogen-bond donors (Lipinski definition) is 0. The minimum atomic E-state index is -0.475. The summed E-state index contributed by atoms with van der Waals surface area (Å²) >= 11 is 0. The molecule has 16 heavy (non-hydrogen) atoms. The fourth-order valence-electron chi connectivity index (χ4n) is 1.37. The molecule has 0 spiro atoms. The molecule has 6 nitrogen and oxygen atoms in total. The molecule has 0 unspecified atom stereocenters. The van der Waals surface area contributed by atoms with Gasteiger partial charge in [0.05, 0.1) is 13.1 Å². The lowest BCUT2D eigenvalue weighted by atomic mass is 10.4. The lowest BCUT2D eigenvalue weighted by Crippen LogP contribution is -2.37. The van der Waals surface area contributed by atoms with Crippen LogP contribution in [0.5, 0.6) is 0 Å². The Hall–Kier alpha value is -2.24. The van der Waals surface area contributed by atoms with Crippen LogP contribution < -0.4 is 0 Å². The summed E-state index contributed by atoms with van der Waals surface area (Å²) in [7, 11) is 0. The fourth-order valence-corrected chi connectivity index (χ4v) is 1.37. The molecular formula is C10H7N2O4. The molecule has 6 heteroatoms. The number of hydrogen-bond acceptors (Lipinski definition) is 4. The van der Waals surface area contributed by atoms with Crippen molar-refractivity contribution in [3.05, 3.63) is 30.8 Å². The molecule has 0 fully saturated rings. The molecule has 0 aromatic rings. The van der Waals surface area contributed by atoms with E-state index in [0.717, 1.165) is 34.1 Å². The summed E-state index contributed by atoms with van der Waals surface area (Å²) in [5.74, 6) is -1.85. The molecule has 81 valence electrons. The van der Waals surface area contributed by atoms with E-state index in [0.29, 0.717) is 0 Å². The third-order valence-electron chi connectivity index (χ3n) is 2.19. The Morgan fingerprint density at radius 1 is 0.812 bits per heavy atom. The Bertz CT molecular complexity index is 372. The summed E-state index contributed by atoms with van der Waals surface area (Å²) in [6.45, 7) is 1.12. The van der Waals surface area contributed by atoms with Crippen LogP contribution in [-0.4, -0.2) is 40.0 Å². The van der Waals surface area contributed by atoms with E-state index in [4.69, 9.17) is 0 Å². The molecule has 0 saturated carbocycles. The van der Waals surface area contributed by atoms with Gasteiger partial charge in [-0.1, -0.05) is 0 Å². The fraction of sp³-hybridized carbons (Fsp3) is 0.100. The Balaban J connectivity index is 1.93. The van der Waals surface area contributed by atoms with Crippen molar-refractivity contribution in [1.29, 1.82) is 0 Å². The zero-order chi connectivity index (χ0) is 11.7. The summed E-state index contributed by atoms with van der Waals surface area (Å²) in [6.07, 6.45) is 4.54. The SMILES string of the molecule is O=C1C=CC(=O)N1[CH]CN1C(=O)C=CC1=O. The van der Waals surface area contributed by atoms with E-state index in [1.807, 2.05) is 0 Å². The first-order valence-corrected chi connectivity index (χ1v) is 4.51. The number of carbonyl (C=O) groups excluding carboxylic acids is 4. The highest BCUT2D eigenvalue weighted by Crippen LogP contribution is 2.09. The zero-order valence-electron chi connectivity index (χ0n) is 8.12. The van der Waals surface area contributed by atoms with Crippen molar-refractivity contribution in [1.82, 2.24) is 9.80 Å². The zero-order valence-corrected chi connectivity index (χ0v) is 8.12. The lowest BCUT2D eigenvalue weighted by Gasteiger charge is -2.17. The van der Waals surface area contributed by atoms with Crippen LogP contribution in [0.2, 0.25) is 0 Å². The van der Waals surface area contributed by atoms with Crippen LogP contribution in [0.4, 0.5) is 0 Å². The van der Waals surface area contributed by atoms with Crippen molar-refractivity contribution in [3.8, 4) is 0 Å². The first kappa shape index (κ1) is 10.3. The molecule has 4 amide bonds. The van der Waals surface area contributed by atoms with Gasteiger partial charge in [0.1, 0.15) is 0 Å². The smallest absolute Gasteiger partial charge is 0.254 e. The molecule has 0 bridgehead atoms. The van der Waals surface area contributed by atoms with Gasteiger partial charge in [-0.15, -0.1) is 0 Å². The van der Waals surface area contributed by atoms with Crippen LogP contribution in [0, 0.1) is 6.54 Å². The average Bonchev–Trinajstić information content (AvgIpc) is 2.72. The molecule has 0 aliphatic carbocycles. The largest absolute Gasteiger partial charge is 0.273 e. The molecular weight excluding hydrogens is 212 g/mol.